The average molecular weight is 390 g/mol. The molecule has 0 fully saturated rings. The highest BCUT2D eigenvalue weighted by atomic mass is 16.5. The van der Waals surface area contributed by atoms with Crippen molar-refractivity contribution in [3.63, 3.8) is 0 Å². The Kier molecular flexibility index (Phi) is 4.75. The predicted molar refractivity (Wildman–Crippen MR) is 109 cm³/mol. The zero-order valence-corrected chi connectivity index (χ0v) is 16.8. The van der Waals surface area contributed by atoms with Gasteiger partial charge in [0.15, 0.2) is 0 Å². The van der Waals surface area contributed by atoms with Crippen molar-refractivity contribution in [2.75, 3.05) is 0 Å². The number of tetrazole rings is 1. The van der Waals surface area contributed by atoms with Gasteiger partial charge in [0.2, 0.25) is 0 Å². The second-order valence-corrected chi connectivity index (χ2v) is 7.01. The van der Waals surface area contributed by atoms with Crippen LogP contribution < -0.4 is 10.4 Å². The monoisotopic (exact) mass is 390 g/mol. The first-order valence-electron chi connectivity index (χ1n) is 9.25. The lowest BCUT2D eigenvalue weighted by molar-refractivity contribution is 0.302. The summed E-state index contributed by atoms with van der Waals surface area (Å²) in [4.78, 5) is 12.3. The molecule has 0 aliphatic carbocycles. The Morgan fingerprint density at radius 2 is 1.83 bits per heavy atom. The molecule has 2 aromatic carbocycles. The smallest absolute Gasteiger partial charge is 0.368 e. The number of hydrogen-bond donors (Lipinski definition) is 0. The van der Waals surface area contributed by atoms with Gasteiger partial charge in [-0.3, -0.25) is 4.68 Å². The molecule has 2 aromatic heterocycles. The maximum atomic E-state index is 12.3. The molecule has 0 amide bonds. The maximum Gasteiger partial charge on any atom is 0.368 e. The fraction of sp³-hybridized carbons (Fsp3) is 0.238. The summed E-state index contributed by atoms with van der Waals surface area (Å²) in [6.45, 7) is 4.31. The molecule has 8 nitrogen and oxygen atoms in total. The van der Waals surface area contributed by atoms with Gasteiger partial charge in [0.25, 0.3) is 0 Å². The van der Waals surface area contributed by atoms with Gasteiger partial charge in [0.1, 0.15) is 12.4 Å². The van der Waals surface area contributed by atoms with Gasteiger partial charge < -0.3 is 4.74 Å². The van der Waals surface area contributed by atoms with Crippen LogP contribution in [-0.4, -0.2) is 29.6 Å². The number of hydrogen-bond acceptors (Lipinski definition) is 5. The van der Waals surface area contributed by atoms with Gasteiger partial charge >= 0.3 is 5.69 Å². The van der Waals surface area contributed by atoms with Gasteiger partial charge in [-0.2, -0.15) is 14.5 Å². The third-order valence-corrected chi connectivity index (χ3v) is 4.89. The quantitative estimate of drug-likeness (QED) is 0.523. The number of rotatable bonds is 5. The number of benzene rings is 2. The minimum absolute atomic E-state index is 0.298. The molecule has 0 spiro atoms. The van der Waals surface area contributed by atoms with Crippen molar-refractivity contribution in [2.45, 2.75) is 20.5 Å². The number of ether oxygens (including phenoxy) is 1. The lowest BCUT2D eigenvalue weighted by atomic mass is 10.1. The fourth-order valence-corrected chi connectivity index (χ4v) is 3.23. The van der Waals surface area contributed by atoms with E-state index in [1.807, 2.05) is 63.5 Å². The van der Waals surface area contributed by atoms with E-state index < -0.39 is 0 Å². The van der Waals surface area contributed by atoms with Crippen molar-refractivity contribution in [1.82, 2.24) is 29.6 Å². The predicted octanol–water partition coefficient (Wildman–Crippen LogP) is 2.56. The van der Waals surface area contributed by atoms with Crippen LogP contribution in [0.25, 0.3) is 16.9 Å². The highest BCUT2D eigenvalue weighted by Crippen LogP contribution is 2.27. The Bertz CT molecular complexity index is 1230. The molecule has 0 unspecified atom stereocenters. The Morgan fingerprint density at radius 1 is 1.00 bits per heavy atom. The van der Waals surface area contributed by atoms with E-state index in [4.69, 9.17) is 4.74 Å². The highest BCUT2D eigenvalue weighted by molar-refractivity contribution is 5.61. The molecule has 4 rings (SSSR count). The van der Waals surface area contributed by atoms with E-state index >= 15 is 0 Å². The maximum absolute atomic E-state index is 12.3. The summed E-state index contributed by atoms with van der Waals surface area (Å²) < 4.78 is 10.4. The van der Waals surface area contributed by atoms with Crippen molar-refractivity contribution in [2.24, 2.45) is 14.1 Å². The zero-order chi connectivity index (χ0) is 20.5. The zero-order valence-electron chi connectivity index (χ0n) is 16.8. The molecule has 0 N–H and O–H groups in total. The van der Waals surface area contributed by atoms with Gasteiger partial charge in [-0.1, -0.05) is 12.1 Å². The van der Waals surface area contributed by atoms with Gasteiger partial charge in [-0.15, -0.1) is 0 Å². The first-order valence-corrected chi connectivity index (χ1v) is 9.25. The van der Waals surface area contributed by atoms with Gasteiger partial charge in [0, 0.05) is 31.4 Å². The SMILES string of the molecule is Cc1cc(-c2ccn(C)n2)ccc1OCc1c(C)cccc1-n1nnn(C)c1=O. The van der Waals surface area contributed by atoms with E-state index in [-0.39, 0.29) is 5.69 Å². The van der Waals surface area contributed by atoms with Crippen LogP contribution in [-0.2, 0) is 20.7 Å². The van der Waals surface area contributed by atoms with Crippen molar-refractivity contribution in [3.05, 3.63) is 75.8 Å². The van der Waals surface area contributed by atoms with Crippen LogP contribution >= 0.6 is 0 Å². The molecule has 0 saturated carbocycles. The number of nitrogens with zero attached hydrogens (tertiary/aromatic N) is 6. The van der Waals surface area contributed by atoms with E-state index in [2.05, 4.69) is 21.6 Å². The van der Waals surface area contributed by atoms with Crippen LogP contribution in [0.1, 0.15) is 16.7 Å². The Morgan fingerprint density at radius 3 is 2.48 bits per heavy atom. The first-order chi connectivity index (χ1) is 13.9. The molecule has 0 bridgehead atoms. The van der Waals surface area contributed by atoms with Crippen LogP contribution in [0.3, 0.4) is 0 Å². The van der Waals surface area contributed by atoms with Crippen molar-refractivity contribution >= 4 is 0 Å². The van der Waals surface area contributed by atoms with E-state index in [0.717, 1.165) is 33.7 Å². The minimum Gasteiger partial charge on any atom is -0.489 e. The Hall–Kier alpha value is -3.68. The summed E-state index contributed by atoms with van der Waals surface area (Å²) in [7, 11) is 3.47. The van der Waals surface area contributed by atoms with Crippen LogP contribution in [0.5, 0.6) is 5.75 Å². The fourth-order valence-electron chi connectivity index (χ4n) is 3.23. The summed E-state index contributed by atoms with van der Waals surface area (Å²) in [5.74, 6) is 0.783. The molecule has 0 saturated heterocycles. The number of aromatic nitrogens is 6. The molecular formula is C21H22N6O2. The van der Waals surface area contributed by atoms with Crippen LogP contribution in [0.2, 0.25) is 0 Å². The molecule has 0 aliphatic heterocycles. The lowest BCUT2D eigenvalue weighted by Gasteiger charge is -2.14. The standard InChI is InChI=1S/C21H22N6O2/c1-14-6-5-7-19(27-21(28)26(4)23-24-27)17(14)13-29-20-9-8-16(12-15(20)2)18-10-11-25(3)22-18/h5-12H,13H2,1-4H3. The molecule has 0 atom stereocenters. The van der Waals surface area contributed by atoms with E-state index in [9.17, 15) is 4.79 Å². The normalized spacial score (nSPS) is 11.0. The second-order valence-electron chi connectivity index (χ2n) is 7.01. The largest absolute Gasteiger partial charge is 0.489 e. The molecule has 8 heteroatoms. The summed E-state index contributed by atoms with van der Waals surface area (Å²) in [5, 5.41) is 12.2. The summed E-state index contributed by atoms with van der Waals surface area (Å²) in [6, 6.07) is 13.7. The molecular weight excluding hydrogens is 368 g/mol. The first kappa shape index (κ1) is 18.7. The van der Waals surface area contributed by atoms with Crippen molar-refractivity contribution in [3.8, 4) is 22.7 Å². The summed E-state index contributed by atoms with van der Waals surface area (Å²) in [6.07, 6.45) is 1.92. The third-order valence-electron chi connectivity index (χ3n) is 4.89. The van der Waals surface area contributed by atoms with Gasteiger partial charge in [-0.25, -0.2) is 4.79 Å². The van der Waals surface area contributed by atoms with Crippen molar-refractivity contribution in [1.29, 1.82) is 0 Å². The van der Waals surface area contributed by atoms with Gasteiger partial charge in [0.05, 0.1) is 11.4 Å². The van der Waals surface area contributed by atoms with Crippen molar-refractivity contribution < 1.29 is 4.74 Å². The van der Waals surface area contributed by atoms with E-state index in [0.29, 0.717) is 12.3 Å². The van der Waals surface area contributed by atoms with Crippen LogP contribution in [0, 0.1) is 13.8 Å². The second kappa shape index (κ2) is 7.38. The molecule has 4 aromatic rings. The topological polar surface area (TPSA) is 79.8 Å². The summed E-state index contributed by atoms with van der Waals surface area (Å²) in [5.41, 5.74) is 5.26. The molecule has 0 radical (unpaired) electrons. The molecule has 2 heterocycles. The molecule has 0 aliphatic rings. The molecule has 148 valence electrons. The summed E-state index contributed by atoms with van der Waals surface area (Å²) >= 11 is 0. The van der Waals surface area contributed by atoms with Crippen LogP contribution in [0.15, 0.2) is 53.5 Å². The Labute approximate surface area is 168 Å². The lowest BCUT2D eigenvalue weighted by Crippen LogP contribution is -2.23. The van der Waals surface area contributed by atoms with Crippen LogP contribution in [0.4, 0.5) is 0 Å². The Balaban J connectivity index is 1.61. The van der Waals surface area contributed by atoms with E-state index in [1.165, 1.54) is 9.36 Å². The molecule has 29 heavy (non-hydrogen) atoms. The van der Waals surface area contributed by atoms with E-state index in [1.54, 1.807) is 11.7 Å². The highest BCUT2D eigenvalue weighted by Gasteiger charge is 2.14. The minimum atomic E-state index is -0.298. The van der Waals surface area contributed by atoms with Gasteiger partial charge in [-0.05, 0) is 65.7 Å². The third kappa shape index (κ3) is 3.56. The number of aryl methyl sites for hydroxylation is 4. The average Bonchev–Trinajstić information content (AvgIpc) is 3.27.